The van der Waals surface area contributed by atoms with Crippen molar-refractivity contribution in [3.05, 3.63) is 76.6 Å². The molecule has 0 bridgehead atoms. The van der Waals surface area contributed by atoms with E-state index in [1.807, 2.05) is 6.92 Å². The molecule has 0 amide bonds. The van der Waals surface area contributed by atoms with E-state index in [1.54, 1.807) is 0 Å². The van der Waals surface area contributed by atoms with Gasteiger partial charge in [0.15, 0.2) is 12.1 Å². The molecule has 0 unspecified atom stereocenters. The normalized spacial score (nSPS) is 18.6. The van der Waals surface area contributed by atoms with Crippen LogP contribution in [0.2, 0.25) is 0 Å². The van der Waals surface area contributed by atoms with Gasteiger partial charge in [-0.3, -0.25) is 0 Å². The van der Waals surface area contributed by atoms with Crippen LogP contribution in [0.15, 0.2) is 42.5 Å². The Morgan fingerprint density at radius 3 is 2.14 bits per heavy atom. The molecule has 0 atom stereocenters. The highest BCUT2D eigenvalue weighted by molar-refractivity contribution is 5.87. The molecule has 4 rings (SSSR count). The van der Waals surface area contributed by atoms with Gasteiger partial charge in [-0.2, -0.15) is 22.0 Å². The fourth-order valence-corrected chi connectivity index (χ4v) is 3.53. The predicted octanol–water partition coefficient (Wildman–Crippen LogP) is 6.98. The lowest BCUT2D eigenvalue weighted by Gasteiger charge is -2.28. The van der Waals surface area contributed by atoms with Crippen LogP contribution in [0, 0.1) is 35.2 Å². The van der Waals surface area contributed by atoms with E-state index >= 15 is 0 Å². The second-order valence-corrected chi connectivity index (χ2v) is 8.14. The fourth-order valence-electron chi connectivity index (χ4n) is 3.53. The highest BCUT2D eigenvalue weighted by atomic mass is 19.4. The van der Waals surface area contributed by atoms with E-state index in [0.717, 1.165) is 18.2 Å². The minimum absolute atomic E-state index is 0.196. The Hall–Kier alpha value is -3.36. The number of hydrogen-bond acceptors (Lipinski definition) is 3. The van der Waals surface area contributed by atoms with Gasteiger partial charge in [0.2, 0.25) is 0 Å². The third-order valence-electron chi connectivity index (χ3n) is 5.21. The smallest absolute Gasteiger partial charge is 0.429 e. The highest BCUT2D eigenvalue weighted by Gasteiger charge is 2.35. The maximum absolute atomic E-state index is 14.8. The number of ether oxygens (including phenoxy) is 3. The molecule has 0 saturated carbocycles. The first-order chi connectivity index (χ1) is 16.8. The molecule has 3 nitrogen and oxygen atoms in total. The largest absolute Gasteiger partial charge is 0.458 e. The number of hydrogen-bond donors (Lipinski definition) is 0. The first kappa shape index (κ1) is 25.7. The van der Waals surface area contributed by atoms with Crippen LogP contribution in [-0.2, 0) is 15.6 Å². The summed E-state index contributed by atoms with van der Waals surface area (Å²) in [5.41, 5.74) is -1.42. The summed E-state index contributed by atoms with van der Waals surface area (Å²) in [4.78, 5) is 0. The second-order valence-electron chi connectivity index (χ2n) is 8.14. The van der Waals surface area contributed by atoms with Gasteiger partial charge in [0.05, 0.1) is 29.7 Å². The van der Waals surface area contributed by atoms with Crippen LogP contribution >= 0.6 is 0 Å². The molecular weight excluding hydrogens is 500 g/mol. The molecule has 0 spiro atoms. The van der Waals surface area contributed by atoms with Crippen LogP contribution in [0.3, 0.4) is 0 Å². The van der Waals surface area contributed by atoms with E-state index in [4.69, 9.17) is 9.47 Å². The van der Waals surface area contributed by atoms with Gasteiger partial charge in [0.1, 0.15) is 17.4 Å². The Morgan fingerprint density at radius 2 is 1.53 bits per heavy atom. The predicted molar refractivity (Wildman–Crippen MR) is 112 cm³/mol. The molecule has 1 aliphatic heterocycles. The molecule has 190 valence electrons. The molecule has 3 aromatic rings. The topological polar surface area (TPSA) is 27.7 Å². The number of benzene rings is 3. The minimum atomic E-state index is -5.04. The molecule has 36 heavy (non-hydrogen) atoms. The lowest BCUT2D eigenvalue weighted by atomic mass is 10.0. The van der Waals surface area contributed by atoms with Gasteiger partial charge in [-0.1, -0.05) is 25.0 Å². The van der Waals surface area contributed by atoms with Crippen molar-refractivity contribution < 1.29 is 49.3 Å². The van der Waals surface area contributed by atoms with Gasteiger partial charge in [-0.05, 0) is 29.7 Å². The summed E-state index contributed by atoms with van der Waals surface area (Å²) in [5, 5.41) is -1.48. The van der Waals surface area contributed by atoms with Crippen LogP contribution in [0.1, 0.15) is 29.9 Å². The Bertz CT molecular complexity index is 1330. The summed E-state index contributed by atoms with van der Waals surface area (Å²) in [5.74, 6) is -3.27. The lowest BCUT2D eigenvalue weighted by Crippen LogP contribution is -2.25. The lowest BCUT2D eigenvalue weighted by molar-refractivity contribution is -0.202. The average Bonchev–Trinajstić information content (AvgIpc) is 2.78. The molecular formula is C25H16F8O3. The molecule has 0 N–H and O–H groups in total. The summed E-state index contributed by atoms with van der Waals surface area (Å²) in [6.45, 7) is 2.81. The van der Waals surface area contributed by atoms with E-state index in [1.165, 1.54) is 18.1 Å². The number of alkyl halides is 5. The van der Waals surface area contributed by atoms with Gasteiger partial charge >= 0.3 is 12.3 Å². The van der Waals surface area contributed by atoms with Crippen molar-refractivity contribution in [3.63, 3.8) is 0 Å². The van der Waals surface area contributed by atoms with Crippen molar-refractivity contribution in [2.45, 2.75) is 25.5 Å². The Kier molecular flexibility index (Phi) is 6.86. The fraction of sp³-hybridized carbons (Fsp3) is 0.280. The van der Waals surface area contributed by atoms with Crippen LogP contribution in [0.4, 0.5) is 35.1 Å². The molecule has 11 heteroatoms. The number of fused-ring (bicyclic) bond motifs is 1. The summed E-state index contributed by atoms with van der Waals surface area (Å²) in [6.07, 6.45) is -9.73. The van der Waals surface area contributed by atoms with E-state index in [9.17, 15) is 35.1 Å². The van der Waals surface area contributed by atoms with Crippen LogP contribution in [-0.4, -0.2) is 19.4 Å². The van der Waals surface area contributed by atoms with Crippen molar-refractivity contribution >= 4 is 10.8 Å². The first-order valence-electron chi connectivity index (χ1n) is 10.5. The van der Waals surface area contributed by atoms with E-state index in [2.05, 4.69) is 4.74 Å². The van der Waals surface area contributed by atoms with Crippen molar-refractivity contribution in [2.24, 2.45) is 5.92 Å². The monoisotopic (exact) mass is 516 g/mol. The number of halogens is 8. The van der Waals surface area contributed by atoms with E-state index < -0.39 is 63.7 Å². The second kappa shape index (κ2) is 9.59. The van der Waals surface area contributed by atoms with Crippen molar-refractivity contribution in [1.82, 2.24) is 0 Å². The molecule has 0 aliphatic carbocycles. The van der Waals surface area contributed by atoms with Gasteiger partial charge in [-0.15, -0.1) is 0 Å². The van der Waals surface area contributed by atoms with Gasteiger partial charge in [-0.25, -0.2) is 13.2 Å². The van der Waals surface area contributed by atoms with Crippen molar-refractivity contribution in [1.29, 1.82) is 0 Å². The van der Waals surface area contributed by atoms with Gasteiger partial charge in [0, 0.05) is 23.5 Å². The van der Waals surface area contributed by atoms with Crippen molar-refractivity contribution in [3.8, 4) is 17.6 Å². The molecule has 0 radical (unpaired) electrons. The zero-order valence-corrected chi connectivity index (χ0v) is 18.4. The van der Waals surface area contributed by atoms with Crippen LogP contribution in [0.25, 0.3) is 10.8 Å². The zero-order chi connectivity index (χ0) is 26.3. The minimum Gasteiger partial charge on any atom is -0.429 e. The van der Waals surface area contributed by atoms with Crippen molar-refractivity contribution in [2.75, 3.05) is 13.2 Å². The maximum Gasteiger partial charge on any atom is 0.458 e. The third kappa shape index (κ3) is 5.55. The Balaban J connectivity index is 1.60. The van der Waals surface area contributed by atoms with Gasteiger partial charge in [0.25, 0.3) is 0 Å². The SMILES string of the molecule is CC1COC(c2ccc(C(F)(F)Oc3cc(F)c4c(F)c(C#CC(F)(F)F)c(F)cc4c3)cc2)OC1. The zero-order valence-electron chi connectivity index (χ0n) is 18.4. The molecule has 1 aliphatic rings. The summed E-state index contributed by atoms with van der Waals surface area (Å²) in [7, 11) is 0. The van der Waals surface area contributed by atoms with Crippen LogP contribution < -0.4 is 4.74 Å². The molecule has 0 aromatic heterocycles. The molecule has 1 saturated heterocycles. The van der Waals surface area contributed by atoms with Gasteiger partial charge < -0.3 is 14.2 Å². The Labute approximate surface area is 199 Å². The molecule has 1 heterocycles. The van der Waals surface area contributed by atoms with E-state index in [0.29, 0.717) is 36.8 Å². The molecule has 3 aromatic carbocycles. The molecule has 1 fully saturated rings. The average molecular weight is 516 g/mol. The quantitative estimate of drug-likeness (QED) is 0.277. The van der Waals surface area contributed by atoms with E-state index in [-0.39, 0.29) is 5.92 Å². The highest BCUT2D eigenvalue weighted by Crippen LogP contribution is 2.36. The summed E-state index contributed by atoms with van der Waals surface area (Å²) in [6, 6.07) is 6.44. The van der Waals surface area contributed by atoms with Crippen LogP contribution in [0.5, 0.6) is 5.75 Å². The Morgan fingerprint density at radius 1 is 0.889 bits per heavy atom. The summed E-state index contributed by atoms with van der Waals surface area (Å²) >= 11 is 0. The standard InChI is InChI=1S/C25H16F8O3/c1-13-11-34-23(35-12-13)14-2-4-16(5-3-14)25(32,33)36-17-8-15-9-19(26)18(6-7-24(29,30)31)22(28)21(15)20(27)10-17/h2-5,8-10,13,23H,11-12H2,1H3. The summed E-state index contributed by atoms with van der Waals surface area (Å²) < 4.78 is 125. The first-order valence-corrected chi connectivity index (χ1v) is 10.5. The maximum atomic E-state index is 14.8. The number of rotatable bonds is 4. The third-order valence-corrected chi connectivity index (χ3v) is 5.21.